The summed E-state index contributed by atoms with van der Waals surface area (Å²) in [5.41, 5.74) is 1.30. The molecule has 0 spiro atoms. The number of hydrogen-bond donors (Lipinski definition) is 1. The molecular formula is C18H18N2O4S2. The van der Waals surface area contributed by atoms with Crippen molar-refractivity contribution >= 4 is 39.6 Å². The molecular weight excluding hydrogens is 372 g/mol. The number of esters is 1. The Morgan fingerprint density at radius 3 is 2.69 bits per heavy atom. The topological polar surface area (TPSA) is 81.4 Å². The van der Waals surface area contributed by atoms with Crippen LogP contribution in [-0.2, 0) is 10.2 Å². The van der Waals surface area contributed by atoms with E-state index in [1.807, 2.05) is 20.8 Å². The molecule has 1 N–H and O–H groups in total. The van der Waals surface area contributed by atoms with Crippen molar-refractivity contribution in [3.8, 4) is 10.6 Å². The molecule has 0 atom stereocenters. The lowest BCUT2D eigenvalue weighted by Crippen LogP contribution is -2.14. The van der Waals surface area contributed by atoms with Crippen molar-refractivity contribution in [2.45, 2.75) is 26.2 Å². The predicted octanol–water partition coefficient (Wildman–Crippen LogP) is 4.80. The first-order valence-electron chi connectivity index (χ1n) is 7.81. The fraction of sp³-hybridized carbons (Fsp3) is 0.278. The Morgan fingerprint density at radius 2 is 2.08 bits per heavy atom. The van der Waals surface area contributed by atoms with E-state index in [0.717, 1.165) is 10.4 Å². The Balaban J connectivity index is 1.87. The minimum absolute atomic E-state index is 0.147. The summed E-state index contributed by atoms with van der Waals surface area (Å²) in [4.78, 5) is 30.0. The van der Waals surface area contributed by atoms with E-state index in [1.54, 1.807) is 30.0 Å². The van der Waals surface area contributed by atoms with Crippen LogP contribution in [0.1, 0.15) is 46.5 Å². The molecule has 0 fully saturated rings. The Morgan fingerprint density at radius 1 is 1.31 bits per heavy atom. The average Bonchev–Trinajstić information content (AvgIpc) is 3.31. The van der Waals surface area contributed by atoms with E-state index < -0.39 is 5.97 Å². The number of carbonyl (C=O) groups is 2. The van der Waals surface area contributed by atoms with E-state index in [1.165, 1.54) is 29.8 Å². The first kappa shape index (κ1) is 18.3. The van der Waals surface area contributed by atoms with Crippen LogP contribution in [0, 0.1) is 0 Å². The number of thiophene rings is 1. The molecule has 3 rings (SSSR count). The number of furan rings is 1. The van der Waals surface area contributed by atoms with Crippen LogP contribution >= 0.6 is 22.7 Å². The molecule has 136 valence electrons. The lowest BCUT2D eigenvalue weighted by atomic mass is 9.94. The van der Waals surface area contributed by atoms with Gasteiger partial charge in [0.25, 0.3) is 5.91 Å². The third-order valence-electron chi connectivity index (χ3n) is 3.61. The van der Waals surface area contributed by atoms with Gasteiger partial charge in [0.05, 0.1) is 18.9 Å². The van der Waals surface area contributed by atoms with E-state index in [9.17, 15) is 9.59 Å². The Bertz CT molecular complexity index is 933. The predicted molar refractivity (Wildman–Crippen MR) is 102 cm³/mol. The summed E-state index contributed by atoms with van der Waals surface area (Å²) in [7, 11) is 1.32. The Kier molecular flexibility index (Phi) is 4.97. The zero-order valence-electron chi connectivity index (χ0n) is 14.8. The molecule has 6 nitrogen and oxygen atoms in total. The number of ether oxygens (including phenoxy) is 1. The number of hydrogen-bond acceptors (Lipinski definition) is 7. The van der Waals surface area contributed by atoms with Crippen molar-refractivity contribution in [1.82, 2.24) is 4.98 Å². The number of aromatic nitrogens is 1. The minimum Gasteiger partial charge on any atom is -0.472 e. The number of methoxy groups -OCH3 is 1. The molecule has 3 aromatic heterocycles. The first-order chi connectivity index (χ1) is 12.3. The summed E-state index contributed by atoms with van der Waals surface area (Å²) >= 11 is 2.72. The van der Waals surface area contributed by atoms with E-state index in [2.05, 4.69) is 10.3 Å². The second-order valence-electron chi connectivity index (χ2n) is 6.60. The van der Waals surface area contributed by atoms with Gasteiger partial charge in [0.1, 0.15) is 22.0 Å². The number of amides is 1. The molecule has 0 radical (unpaired) electrons. The maximum Gasteiger partial charge on any atom is 0.340 e. The molecule has 3 heterocycles. The maximum absolute atomic E-state index is 12.6. The Labute approximate surface area is 158 Å². The van der Waals surface area contributed by atoms with Gasteiger partial charge in [-0.05, 0) is 17.5 Å². The van der Waals surface area contributed by atoms with Gasteiger partial charge in [-0.25, -0.2) is 9.78 Å². The molecule has 0 aliphatic heterocycles. The fourth-order valence-corrected chi connectivity index (χ4v) is 4.06. The summed E-state index contributed by atoms with van der Waals surface area (Å²) < 4.78 is 9.88. The third-order valence-corrected chi connectivity index (χ3v) is 5.98. The highest BCUT2D eigenvalue weighted by atomic mass is 32.1. The number of nitrogens with zero attached hydrogens (tertiary/aromatic N) is 1. The van der Waals surface area contributed by atoms with E-state index in [-0.39, 0.29) is 17.0 Å². The van der Waals surface area contributed by atoms with E-state index >= 15 is 0 Å². The van der Waals surface area contributed by atoms with Crippen LogP contribution in [0.4, 0.5) is 5.00 Å². The average molecular weight is 390 g/mol. The van der Waals surface area contributed by atoms with Gasteiger partial charge in [0.2, 0.25) is 0 Å². The van der Waals surface area contributed by atoms with Crippen LogP contribution in [0.2, 0.25) is 0 Å². The molecule has 0 saturated carbocycles. The maximum atomic E-state index is 12.6. The normalized spacial score (nSPS) is 11.4. The molecule has 0 aliphatic carbocycles. The standard InChI is InChI=1S/C18H18N2O4S2/c1-18(2,3)13-7-11(17(22)23-4)16(26-13)20-14(21)12-9-25-15(19-12)10-5-6-24-8-10/h5-9H,1-4H3,(H,20,21). The van der Waals surface area contributed by atoms with Crippen LogP contribution in [-0.4, -0.2) is 24.0 Å². The van der Waals surface area contributed by atoms with Crippen LogP contribution in [0.25, 0.3) is 10.6 Å². The fourth-order valence-electron chi connectivity index (χ4n) is 2.18. The monoisotopic (exact) mass is 390 g/mol. The summed E-state index contributed by atoms with van der Waals surface area (Å²) in [5, 5.41) is 5.62. The van der Waals surface area contributed by atoms with Crippen molar-refractivity contribution in [3.05, 3.63) is 46.2 Å². The quantitative estimate of drug-likeness (QED) is 0.647. The lowest BCUT2D eigenvalue weighted by Gasteiger charge is -2.15. The van der Waals surface area contributed by atoms with Crippen molar-refractivity contribution in [1.29, 1.82) is 0 Å². The van der Waals surface area contributed by atoms with Gasteiger partial charge >= 0.3 is 5.97 Å². The van der Waals surface area contributed by atoms with Crippen LogP contribution in [0.15, 0.2) is 34.5 Å². The molecule has 0 unspecified atom stereocenters. The number of anilines is 1. The summed E-state index contributed by atoms with van der Waals surface area (Å²) in [6.07, 6.45) is 3.13. The zero-order valence-corrected chi connectivity index (χ0v) is 16.4. The zero-order chi connectivity index (χ0) is 18.9. The number of carbonyl (C=O) groups excluding carboxylic acids is 2. The summed E-state index contributed by atoms with van der Waals surface area (Å²) in [5.74, 6) is -0.854. The van der Waals surface area contributed by atoms with Crippen LogP contribution in [0.3, 0.4) is 0 Å². The van der Waals surface area contributed by atoms with Crippen molar-refractivity contribution in [2.24, 2.45) is 0 Å². The Hall–Kier alpha value is -2.45. The second-order valence-corrected chi connectivity index (χ2v) is 8.51. The molecule has 8 heteroatoms. The summed E-state index contributed by atoms with van der Waals surface area (Å²) in [6, 6.07) is 3.55. The van der Waals surface area contributed by atoms with E-state index in [0.29, 0.717) is 15.6 Å². The molecule has 0 aliphatic rings. The van der Waals surface area contributed by atoms with Gasteiger partial charge in [-0.3, -0.25) is 4.79 Å². The van der Waals surface area contributed by atoms with Gasteiger partial charge in [-0.15, -0.1) is 22.7 Å². The third kappa shape index (κ3) is 3.71. The molecule has 3 aromatic rings. The SMILES string of the molecule is COC(=O)c1cc(C(C)(C)C)sc1NC(=O)c1csc(-c2ccoc2)n1. The van der Waals surface area contributed by atoms with Gasteiger partial charge < -0.3 is 14.5 Å². The highest BCUT2D eigenvalue weighted by Crippen LogP contribution is 2.36. The second kappa shape index (κ2) is 7.05. The molecule has 0 saturated heterocycles. The van der Waals surface area contributed by atoms with Gasteiger partial charge in [-0.2, -0.15) is 0 Å². The summed E-state index contributed by atoms with van der Waals surface area (Å²) in [6.45, 7) is 6.13. The van der Waals surface area contributed by atoms with Crippen molar-refractivity contribution in [3.63, 3.8) is 0 Å². The van der Waals surface area contributed by atoms with Crippen molar-refractivity contribution < 1.29 is 18.7 Å². The highest BCUT2D eigenvalue weighted by Gasteiger charge is 2.25. The van der Waals surface area contributed by atoms with Crippen molar-refractivity contribution in [2.75, 3.05) is 12.4 Å². The number of nitrogens with one attached hydrogen (secondary N) is 1. The highest BCUT2D eigenvalue weighted by molar-refractivity contribution is 7.17. The molecule has 26 heavy (non-hydrogen) atoms. The first-order valence-corrected chi connectivity index (χ1v) is 9.51. The van der Waals surface area contributed by atoms with E-state index in [4.69, 9.17) is 9.15 Å². The molecule has 1 amide bonds. The van der Waals surface area contributed by atoms with Crippen LogP contribution < -0.4 is 5.32 Å². The smallest absolute Gasteiger partial charge is 0.340 e. The van der Waals surface area contributed by atoms with Gasteiger partial charge in [0, 0.05) is 15.8 Å². The minimum atomic E-state index is -0.482. The number of thiazole rings is 1. The van der Waals surface area contributed by atoms with Gasteiger partial charge in [-0.1, -0.05) is 20.8 Å². The largest absolute Gasteiger partial charge is 0.472 e. The number of rotatable bonds is 4. The molecule has 0 aromatic carbocycles. The molecule has 0 bridgehead atoms. The van der Waals surface area contributed by atoms with Gasteiger partial charge in [0.15, 0.2) is 0 Å². The lowest BCUT2D eigenvalue weighted by molar-refractivity contribution is 0.0602. The van der Waals surface area contributed by atoms with Crippen LogP contribution in [0.5, 0.6) is 0 Å².